The van der Waals surface area contributed by atoms with Gasteiger partial charge in [0.15, 0.2) is 5.76 Å². The van der Waals surface area contributed by atoms with Gasteiger partial charge in [-0.1, -0.05) is 193 Å². The summed E-state index contributed by atoms with van der Waals surface area (Å²) in [6.07, 6.45) is 45.2. The van der Waals surface area contributed by atoms with E-state index in [1.54, 1.807) is 6.08 Å². The Bertz CT molecular complexity index is 755. The lowest BCUT2D eigenvalue weighted by atomic mass is 10.0. The third kappa shape index (κ3) is 39.8. The number of carbonyl (C=O) groups is 2. The predicted octanol–water partition coefficient (Wildman–Crippen LogP) is 13.3. The molecule has 0 aliphatic carbocycles. The number of rotatable bonds is 33. The monoisotopic (exact) mass is 651 g/mol. The van der Waals surface area contributed by atoms with E-state index in [-0.39, 0.29) is 0 Å². The van der Waals surface area contributed by atoms with Crippen molar-refractivity contribution < 1.29 is 30.0 Å². The van der Waals surface area contributed by atoms with Crippen LogP contribution >= 0.6 is 0 Å². The van der Waals surface area contributed by atoms with E-state index in [2.05, 4.69) is 13.8 Å². The van der Waals surface area contributed by atoms with E-state index >= 15 is 0 Å². The van der Waals surface area contributed by atoms with E-state index < -0.39 is 23.5 Å². The highest BCUT2D eigenvalue weighted by Gasteiger charge is 2.02. The molecule has 0 aromatic rings. The summed E-state index contributed by atoms with van der Waals surface area (Å²) in [5, 5.41) is 34.9. The highest BCUT2D eigenvalue weighted by Crippen LogP contribution is 2.15. The maximum absolute atomic E-state index is 10.4. The molecule has 0 fully saturated rings. The van der Waals surface area contributed by atoms with Gasteiger partial charge in [0, 0.05) is 0 Å². The second kappa shape index (κ2) is 38.9. The average molecular weight is 651 g/mol. The van der Waals surface area contributed by atoms with E-state index in [9.17, 15) is 9.59 Å². The van der Waals surface area contributed by atoms with Gasteiger partial charge in [-0.15, -0.1) is 0 Å². The molecule has 0 aliphatic heterocycles. The van der Waals surface area contributed by atoms with Crippen molar-refractivity contribution >= 4 is 11.9 Å². The van der Waals surface area contributed by atoms with Gasteiger partial charge in [-0.05, 0) is 37.8 Å². The van der Waals surface area contributed by atoms with Crippen LogP contribution in [0.4, 0.5) is 0 Å². The fourth-order valence-corrected chi connectivity index (χ4v) is 5.45. The fourth-order valence-electron chi connectivity index (χ4n) is 5.45. The van der Waals surface area contributed by atoms with Crippen LogP contribution in [0.3, 0.4) is 0 Å². The molecule has 0 heterocycles. The van der Waals surface area contributed by atoms with Gasteiger partial charge in [-0.2, -0.15) is 0 Å². The van der Waals surface area contributed by atoms with Crippen LogP contribution in [0, 0.1) is 0 Å². The molecule has 6 heteroatoms. The number of hydrogen-bond donors (Lipinski definition) is 4. The standard InChI is InChI=1S/C20H38O3.C20H36O3/c2*1-2-3-4-5-6-7-8-9-10-11-12-13-14-15-16-17-18-19(21)20(22)23/h18,21H,2-17H2,1H3,(H,22,23);16-18,21H,2-15H2,1H3,(H,22,23). The van der Waals surface area contributed by atoms with Crippen molar-refractivity contribution in [1.82, 2.24) is 0 Å². The molecule has 0 aromatic heterocycles. The summed E-state index contributed by atoms with van der Waals surface area (Å²) in [6.45, 7) is 4.53. The molecule has 0 saturated carbocycles. The minimum absolute atomic E-state index is 0.518. The Kier molecular flexibility index (Phi) is 38.8. The second-order valence-corrected chi connectivity index (χ2v) is 12.9. The number of allylic oxidation sites excluding steroid dienone is 4. The zero-order valence-corrected chi connectivity index (χ0v) is 30.1. The largest absolute Gasteiger partial charge is 0.502 e. The lowest BCUT2D eigenvalue weighted by Crippen LogP contribution is -1.98. The molecule has 0 unspecified atom stereocenters. The Hall–Kier alpha value is -2.24. The summed E-state index contributed by atoms with van der Waals surface area (Å²) in [4.78, 5) is 20.7. The van der Waals surface area contributed by atoms with Crippen molar-refractivity contribution in [2.45, 2.75) is 206 Å². The molecule has 0 saturated heterocycles. The number of aliphatic hydroxyl groups is 2. The van der Waals surface area contributed by atoms with E-state index in [0.29, 0.717) is 6.42 Å². The average Bonchev–Trinajstić information content (AvgIpc) is 3.04. The molecule has 4 N–H and O–H groups in total. The molecular formula is C40H74O6. The van der Waals surface area contributed by atoms with Crippen LogP contribution < -0.4 is 0 Å². The number of carboxylic acids is 2. The van der Waals surface area contributed by atoms with E-state index in [4.69, 9.17) is 20.4 Å². The lowest BCUT2D eigenvalue weighted by molar-refractivity contribution is -0.136. The van der Waals surface area contributed by atoms with Crippen molar-refractivity contribution in [2.75, 3.05) is 0 Å². The Labute approximate surface area is 283 Å². The van der Waals surface area contributed by atoms with Crippen LogP contribution in [-0.2, 0) is 9.59 Å². The number of carboxylic acid groups (broad SMARTS) is 2. The van der Waals surface area contributed by atoms with Gasteiger partial charge in [0.2, 0.25) is 5.76 Å². The predicted molar refractivity (Wildman–Crippen MR) is 196 cm³/mol. The fraction of sp³-hybridized carbons (Fsp3) is 0.800. The first-order chi connectivity index (χ1) is 22.4. The minimum Gasteiger partial charge on any atom is -0.502 e. The summed E-state index contributed by atoms with van der Waals surface area (Å²) >= 11 is 0. The van der Waals surface area contributed by atoms with Gasteiger partial charge in [0.1, 0.15) is 0 Å². The summed E-state index contributed by atoms with van der Waals surface area (Å²) in [5.74, 6) is -3.64. The van der Waals surface area contributed by atoms with Crippen molar-refractivity contribution in [2.24, 2.45) is 0 Å². The van der Waals surface area contributed by atoms with Crippen LogP contribution in [-0.4, -0.2) is 32.4 Å². The third-order valence-corrected chi connectivity index (χ3v) is 8.45. The van der Waals surface area contributed by atoms with Crippen molar-refractivity contribution in [1.29, 1.82) is 0 Å². The lowest BCUT2D eigenvalue weighted by Gasteiger charge is -2.03. The number of aliphatic hydroxyl groups excluding tert-OH is 2. The molecule has 0 amide bonds. The summed E-state index contributed by atoms with van der Waals surface area (Å²) in [6, 6.07) is 0. The van der Waals surface area contributed by atoms with Gasteiger partial charge in [0.05, 0.1) is 0 Å². The van der Waals surface area contributed by atoms with Gasteiger partial charge in [-0.3, -0.25) is 0 Å². The molecule has 270 valence electrons. The van der Waals surface area contributed by atoms with Crippen LogP contribution in [0.1, 0.15) is 206 Å². The minimum atomic E-state index is -1.28. The van der Waals surface area contributed by atoms with Crippen LogP contribution in [0.25, 0.3) is 0 Å². The van der Waals surface area contributed by atoms with Crippen molar-refractivity contribution in [3.05, 3.63) is 35.8 Å². The molecule has 0 atom stereocenters. The van der Waals surface area contributed by atoms with Crippen LogP contribution in [0.15, 0.2) is 35.8 Å². The first-order valence-electron chi connectivity index (χ1n) is 19.3. The zero-order chi connectivity index (χ0) is 34.4. The van der Waals surface area contributed by atoms with Crippen molar-refractivity contribution in [3.63, 3.8) is 0 Å². The number of aliphatic carboxylic acids is 2. The van der Waals surface area contributed by atoms with Gasteiger partial charge in [-0.25, -0.2) is 9.59 Å². The first-order valence-corrected chi connectivity index (χ1v) is 19.3. The molecule has 0 bridgehead atoms. The number of unbranched alkanes of at least 4 members (excludes halogenated alkanes) is 28. The van der Waals surface area contributed by atoms with E-state index in [0.717, 1.165) is 25.7 Å². The quantitative estimate of drug-likeness (QED) is 0.0243. The highest BCUT2D eigenvalue weighted by molar-refractivity contribution is 5.84. The summed E-state index contributed by atoms with van der Waals surface area (Å²) in [5.41, 5.74) is 0. The molecule has 0 radical (unpaired) electrons. The molecule has 0 aromatic carbocycles. The highest BCUT2D eigenvalue weighted by atomic mass is 16.4. The van der Waals surface area contributed by atoms with Crippen LogP contribution in [0.5, 0.6) is 0 Å². The molecule has 0 rings (SSSR count). The zero-order valence-electron chi connectivity index (χ0n) is 30.1. The Balaban J connectivity index is 0. The van der Waals surface area contributed by atoms with Gasteiger partial charge in [0.25, 0.3) is 0 Å². The molecule has 0 spiro atoms. The molecule has 0 aliphatic rings. The number of hydrogen-bond acceptors (Lipinski definition) is 4. The van der Waals surface area contributed by atoms with E-state index in [1.165, 1.54) is 173 Å². The Morgan fingerprint density at radius 2 is 0.674 bits per heavy atom. The Morgan fingerprint density at radius 3 is 0.978 bits per heavy atom. The summed E-state index contributed by atoms with van der Waals surface area (Å²) < 4.78 is 0. The topological polar surface area (TPSA) is 115 Å². The smallest absolute Gasteiger partial charge is 0.370 e. The summed E-state index contributed by atoms with van der Waals surface area (Å²) in [7, 11) is 0. The van der Waals surface area contributed by atoms with Crippen molar-refractivity contribution in [3.8, 4) is 0 Å². The SMILES string of the molecule is CCCCCCCCCCCCCCCC=CC=C(O)C(=O)O.CCCCCCCCCCCCCCCCCC=C(O)C(=O)O. The van der Waals surface area contributed by atoms with Crippen LogP contribution in [0.2, 0.25) is 0 Å². The normalized spacial score (nSPS) is 12.0. The maximum atomic E-state index is 10.4. The first kappa shape index (κ1) is 45.9. The second-order valence-electron chi connectivity index (χ2n) is 12.9. The molecular weight excluding hydrogens is 576 g/mol. The van der Waals surface area contributed by atoms with E-state index in [1.807, 2.05) is 6.08 Å². The molecule has 46 heavy (non-hydrogen) atoms. The maximum Gasteiger partial charge on any atom is 0.370 e. The third-order valence-electron chi connectivity index (χ3n) is 8.45. The Morgan fingerprint density at radius 1 is 0.391 bits per heavy atom. The molecule has 6 nitrogen and oxygen atoms in total. The van der Waals surface area contributed by atoms with Gasteiger partial charge < -0.3 is 20.4 Å². The van der Waals surface area contributed by atoms with Gasteiger partial charge >= 0.3 is 11.9 Å².